The van der Waals surface area contributed by atoms with Crippen LogP contribution in [-0.2, 0) is 10.2 Å². The van der Waals surface area contributed by atoms with Crippen LogP contribution in [0.1, 0.15) is 20.8 Å². The Morgan fingerprint density at radius 2 is 1.88 bits per heavy atom. The fourth-order valence-electron chi connectivity index (χ4n) is 1.15. The van der Waals surface area contributed by atoms with Gasteiger partial charge in [-0.05, 0) is 32.9 Å². The number of hydrogen-bond acceptors (Lipinski definition) is 3. The van der Waals surface area contributed by atoms with Gasteiger partial charge in [0.05, 0.1) is 5.69 Å². The quantitative estimate of drug-likeness (QED) is 0.724. The van der Waals surface area contributed by atoms with Gasteiger partial charge in [-0.25, -0.2) is 4.39 Å². The lowest BCUT2D eigenvalue weighted by atomic mass is 10.1. The van der Waals surface area contributed by atoms with Crippen molar-refractivity contribution in [2.24, 2.45) is 0 Å². The van der Waals surface area contributed by atoms with Crippen LogP contribution in [0.4, 0.5) is 10.1 Å². The second kappa shape index (κ2) is 4.50. The third-order valence-corrected chi connectivity index (χ3v) is 3.03. The summed E-state index contributed by atoms with van der Waals surface area (Å²) < 4.78 is 40.7. The van der Waals surface area contributed by atoms with Crippen LogP contribution >= 0.6 is 0 Å². The summed E-state index contributed by atoms with van der Waals surface area (Å²) in [5.74, 6) is -1.42. The van der Waals surface area contributed by atoms with Crippen LogP contribution in [0.25, 0.3) is 0 Å². The maximum Gasteiger partial charge on any atom is 0.299 e. The Hall–Kier alpha value is -1.34. The van der Waals surface area contributed by atoms with Gasteiger partial charge in [0.15, 0.2) is 11.6 Å². The van der Waals surface area contributed by atoms with Crippen molar-refractivity contribution in [3.63, 3.8) is 0 Å². The fraction of sp³-hybridized carbons (Fsp3) is 0.400. The number of benzene rings is 1. The van der Waals surface area contributed by atoms with E-state index in [4.69, 9.17) is 5.11 Å². The first kappa shape index (κ1) is 13.7. The van der Waals surface area contributed by atoms with E-state index in [9.17, 15) is 12.8 Å². The molecule has 0 unspecified atom stereocenters. The molecule has 0 aliphatic heterocycles. The third kappa shape index (κ3) is 4.58. The summed E-state index contributed by atoms with van der Waals surface area (Å²) in [4.78, 5) is 0. The maximum absolute atomic E-state index is 13.0. The predicted octanol–water partition coefficient (Wildman–Crippen LogP) is 1.58. The van der Waals surface area contributed by atoms with Gasteiger partial charge in [-0.1, -0.05) is 0 Å². The summed E-state index contributed by atoms with van der Waals surface area (Å²) in [6, 6.07) is 3.24. The lowest BCUT2D eigenvalue weighted by molar-refractivity contribution is 0.432. The average Bonchev–Trinajstić information content (AvgIpc) is 2.06. The molecule has 17 heavy (non-hydrogen) atoms. The molecule has 1 aromatic carbocycles. The van der Waals surface area contributed by atoms with E-state index in [1.54, 1.807) is 20.8 Å². The van der Waals surface area contributed by atoms with Crippen molar-refractivity contribution < 1.29 is 17.9 Å². The number of phenolic OH excluding ortho intramolecular Hbond substituents is 1. The molecule has 1 rings (SSSR count). The SMILES string of the molecule is CC(C)(C)NS(=O)(=O)Nc1ccc(O)c(F)c1. The second-order valence-electron chi connectivity index (χ2n) is 4.62. The molecule has 0 atom stereocenters. The maximum atomic E-state index is 13.0. The summed E-state index contributed by atoms with van der Waals surface area (Å²) in [6.07, 6.45) is 0. The first-order valence-corrected chi connectivity index (χ1v) is 6.38. The van der Waals surface area contributed by atoms with Gasteiger partial charge in [0.25, 0.3) is 10.2 Å². The highest BCUT2D eigenvalue weighted by Crippen LogP contribution is 2.20. The first-order chi connectivity index (χ1) is 7.59. The van der Waals surface area contributed by atoms with Crippen LogP contribution in [-0.4, -0.2) is 19.1 Å². The molecular formula is C10H15FN2O3S. The molecule has 7 heteroatoms. The molecule has 0 saturated heterocycles. The highest BCUT2D eigenvalue weighted by molar-refractivity contribution is 7.90. The number of phenols is 1. The summed E-state index contributed by atoms with van der Waals surface area (Å²) in [5.41, 5.74) is -0.599. The molecule has 0 amide bonds. The second-order valence-corrected chi connectivity index (χ2v) is 6.04. The lowest BCUT2D eigenvalue weighted by Gasteiger charge is -2.20. The minimum atomic E-state index is -3.77. The molecule has 0 aliphatic rings. The zero-order valence-electron chi connectivity index (χ0n) is 9.78. The molecule has 96 valence electrons. The van der Waals surface area contributed by atoms with Crippen LogP contribution in [0.5, 0.6) is 5.75 Å². The normalized spacial score (nSPS) is 12.5. The molecule has 0 radical (unpaired) electrons. The minimum Gasteiger partial charge on any atom is -0.505 e. The van der Waals surface area contributed by atoms with Gasteiger partial charge < -0.3 is 5.11 Å². The highest BCUT2D eigenvalue weighted by Gasteiger charge is 2.19. The Balaban J connectivity index is 2.87. The molecule has 0 bridgehead atoms. The molecule has 1 aromatic rings. The predicted molar refractivity (Wildman–Crippen MR) is 63.5 cm³/mol. The van der Waals surface area contributed by atoms with E-state index in [0.717, 1.165) is 12.1 Å². The molecule has 0 spiro atoms. The van der Waals surface area contributed by atoms with Gasteiger partial charge in [0.2, 0.25) is 0 Å². The standard InChI is InChI=1S/C10H15FN2O3S/c1-10(2,3)13-17(15,16)12-7-4-5-9(14)8(11)6-7/h4-6,12-14H,1-3H3. The topological polar surface area (TPSA) is 78.4 Å². The molecule has 0 fully saturated rings. The number of aromatic hydroxyl groups is 1. The molecule has 3 N–H and O–H groups in total. The fourth-order valence-corrected chi connectivity index (χ4v) is 2.45. The van der Waals surface area contributed by atoms with Gasteiger partial charge in [-0.15, -0.1) is 0 Å². The Morgan fingerprint density at radius 1 is 1.29 bits per heavy atom. The molecule has 0 aliphatic carbocycles. The smallest absolute Gasteiger partial charge is 0.299 e. The van der Waals surface area contributed by atoms with Crippen molar-refractivity contribution in [2.45, 2.75) is 26.3 Å². The Morgan fingerprint density at radius 3 is 2.35 bits per heavy atom. The zero-order valence-corrected chi connectivity index (χ0v) is 10.6. The molecule has 0 heterocycles. The average molecular weight is 262 g/mol. The lowest BCUT2D eigenvalue weighted by Crippen LogP contribution is -2.43. The van der Waals surface area contributed by atoms with Crippen molar-refractivity contribution in [3.05, 3.63) is 24.0 Å². The molecular weight excluding hydrogens is 247 g/mol. The first-order valence-electron chi connectivity index (χ1n) is 4.89. The van der Waals surface area contributed by atoms with Crippen LogP contribution < -0.4 is 9.44 Å². The van der Waals surface area contributed by atoms with Crippen molar-refractivity contribution in [1.82, 2.24) is 4.72 Å². The monoisotopic (exact) mass is 262 g/mol. The largest absolute Gasteiger partial charge is 0.505 e. The summed E-state index contributed by atoms with van der Waals surface area (Å²) in [7, 11) is -3.77. The highest BCUT2D eigenvalue weighted by atomic mass is 32.2. The van der Waals surface area contributed by atoms with Crippen LogP contribution in [0.15, 0.2) is 18.2 Å². The molecule has 0 saturated carbocycles. The van der Waals surface area contributed by atoms with E-state index in [0.29, 0.717) is 0 Å². The number of hydrogen-bond donors (Lipinski definition) is 3. The third-order valence-electron chi connectivity index (χ3n) is 1.64. The van der Waals surface area contributed by atoms with Crippen molar-refractivity contribution >= 4 is 15.9 Å². The Bertz CT molecular complexity index is 509. The summed E-state index contributed by atoms with van der Waals surface area (Å²) in [5, 5.41) is 8.96. The van der Waals surface area contributed by atoms with E-state index >= 15 is 0 Å². The minimum absolute atomic E-state index is 0.0389. The molecule has 0 aromatic heterocycles. The van der Waals surface area contributed by atoms with E-state index in [1.807, 2.05) is 0 Å². The number of nitrogens with one attached hydrogen (secondary N) is 2. The van der Waals surface area contributed by atoms with E-state index < -0.39 is 27.3 Å². The van der Waals surface area contributed by atoms with E-state index in [-0.39, 0.29) is 5.69 Å². The van der Waals surface area contributed by atoms with Gasteiger partial charge >= 0.3 is 0 Å². The number of anilines is 1. The van der Waals surface area contributed by atoms with Gasteiger partial charge in [0.1, 0.15) is 0 Å². The van der Waals surface area contributed by atoms with Crippen LogP contribution in [0.3, 0.4) is 0 Å². The zero-order chi connectivity index (χ0) is 13.3. The number of rotatable bonds is 3. The molecule has 5 nitrogen and oxygen atoms in total. The summed E-state index contributed by atoms with van der Waals surface area (Å²) in [6.45, 7) is 5.05. The van der Waals surface area contributed by atoms with E-state index in [2.05, 4.69) is 9.44 Å². The van der Waals surface area contributed by atoms with Crippen molar-refractivity contribution in [2.75, 3.05) is 4.72 Å². The van der Waals surface area contributed by atoms with Crippen LogP contribution in [0.2, 0.25) is 0 Å². The van der Waals surface area contributed by atoms with Crippen LogP contribution in [0, 0.1) is 5.82 Å². The number of halogens is 1. The van der Waals surface area contributed by atoms with E-state index in [1.165, 1.54) is 6.07 Å². The van der Waals surface area contributed by atoms with Gasteiger partial charge in [-0.2, -0.15) is 13.1 Å². The Kier molecular flexibility index (Phi) is 3.63. The van der Waals surface area contributed by atoms with Crippen molar-refractivity contribution in [1.29, 1.82) is 0 Å². The Labute approximate surface area is 99.8 Å². The van der Waals surface area contributed by atoms with Gasteiger partial charge in [0, 0.05) is 11.6 Å². The van der Waals surface area contributed by atoms with Gasteiger partial charge in [-0.3, -0.25) is 4.72 Å². The summed E-state index contributed by atoms with van der Waals surface area (Å²) >= 11 is 0. The van der Waals surface area contributed by atoms with Crippen molar-refractivity contribution in [3.8, 4) is 5.75 Å².